The number of amides is 1. The van der Waals surface area contributed by atoms with Gasteiger partial charge in [0.1, 0.15) is 6.61 Å². The molecule has 0 atom stereocenters. The maximum atomic E-state index is 13.4. The summed E-state index contributed by atoms with van der Waals surface area (Å²) in [7, 11) is 1.81. The third kappa shape index (κ3) is 6.70. The average molecular weight is 608 g/mol. The van der Waals surface area contributed by atoms with Gasteiger partial charge in [-0.3, -0.25) is 9.69 Å². The number of pyridine rings is 1. The number of ether oxygens (including phenoxy) is 1. The van der Waals surface area contributed by atoms with Gasteiger partial charge in [0.15, 0.2) is 11.3 Å². The van der Waals surface area contributed by atoms with Crippen molar-refractivity contribution in [3.8, 4) is 28.1 Å². The zero-order valence-corrected chi connectivity index (χ0v) is 26.0. The fourth-order valence-corrected chi connectivity index (χ4v) is 6.22. The molecule has 0 spiro atoms. The molecule has 4 aromatic carbocycles. The van der Waals surface area contributed by atoms with Gasteiger partial charge in [-0.1, -0.05) is 97.1 Å². The molecule has 0 radical (unpaired) electrons. The highest BCUT2D eigenvalue weighted by molar-refractivity contribution is 6.04. The molecule has 7 nitrogen and oxygen atoms in total. The zero-order valence-electron chi connectivity index (χ0n) is 26.0. The van der Waals surface area contributed by atoms with Crippen molar-refractivity contribution in [3.05, 3.63) is 138 Å². The van der Waals surface area contributed by atoms with Crippen LogP contribution in [0.1, 0.15) is 34.5 Å². The number of fused-ring (bicyclic) bond motifs is 1. The van der Waals surface area contributed by atoms with Crippen molar-refractivity contribution in [3.63, 3.8) is 0 Å². The first-order valence-corrected chi connectivity index (χ1v) is 15.9. The van der Waals surface area contributed by atoms with E-state index in [1.54, 1.807) is 4.68 Å². The number of aromatic nitrogens is 3. The molecular formula is C39H37N5O2. The predicted octanol–water partition coefficient (Wildman–Crippen LogP) is 7.28. The second-order valence-electron chi connectivity index (χ2n) is 11.9. The quantitative estimate of drug-likeness (QED) is 0.187. The van der Waals surface area contributed by atoms with Gasteiger partial charge in [0.05, 0.1) is 5.39 Å². The van der Waals surface area contributed by atoms with Crippen molar-refractivity contribution in [2.24, 2.45) is 7.05 Å². The highest BCUT2D eigenvalue weighted by atomic mass is 16.5. The van der Waals surface area contributed by atoms with E-state index in [0.29, 0.717) is 29.2 Å². The largest absolute Gasteiger partial charge is 0.473 e. The molecule has 2 aromatic heterocycles. The maximum Gasteiger partial charge on any atom is 0.272 e. The first-order valence-electron chi connectivity index (χ1n) is 15.9. The van der Waals surface area contributed by atoms with Crippen LogP contribution in [0.2, 0.25) is 0 Å². The van der Waals surface area contributed by atoms with Gasteiger partial charge < -0.3 is 10.1 Å². The fraction of sp³-hybridized carbons (Fsp3) is 0.205. The monoisotopic (exact) mass is 607 g/mol. The number of hydrogen-bond donors (Lipinski definition) is 1. The number of hydrogen-bond acceptors (Lipinski definition) is 5. The summed E-state index contributed by atoms with van der Waals surface area (Å²) >= 11 is 0. The summed E-state index contributed by atoms with van der Waals surface area (Å²) in [5.41, 5.74) is 8.16. The maximum absolute atomic E-state index is 13.4. The molecule has 1 aliphatic heterocycles. The highest BCUT2D eigenvalue weighted by Gasteiger charge is 2.24. The van der Waals surface area contributed by atoms with Gasteiger partial charge >= 0.3 is 0 Å². The van der Waals surface area contributed by atoms with E-state index in [1.165, 1.54) is 22.3 Å². The topological polar surface area (TPSA) is 72.3 Å². The molecule has 3 heterocycles. The molecule has 1 N–H and O–H groups in total. The molecule has 0 aliphatic carbocycles. The van der Waals surface area contributed by atoms with Crippen LogP contribution in [0.25, 0.3) is 33.3 Å². The number of nitrogens with zero attached hydrogens (tertiary/aromatic N) is 4. The van der Waals surface area contributed by atoms with Crippen LogP contribution in [0.3, 0.4) is 0 Å². The number of carbonyl (C=O) groups is 1. The molecule has 6 aromatic rings. The SMILES string of the molecule is Cn1nc(C(=O)NC2CCN(Cc3cccc(-c4ccccc4)c3)CC2)c2ccc(OCc3cccc(-c4ccccc4)c3)nc21. The van der Waals surface area contributed by atoms with Crippen LogP contribution in [0.4, 0.5) is 0 Å². The van der Waals surface area contributed by atoms with Crippen LogP contribution in [-0.2, 0) is 20.2 Å². The van der Waals surface area contributed by atoms with E-state index in [4.69, 9.17) is 4.74 Å². The molecule has 0 unspecified atom stereocenters. The van der Waals surface area contributed by atoms with Gasteiger partial charge in [-0.05, 0) is 64.4 Å². The van der Waals surface area contributed by atoms with Crippen LogP contribution in [-0.4, -0.2) is 44.7 Å². The summed E-state index contributed by atoms with van der Waals surface area (Å²) in [4.78, 5) is 20.5. The number of aryl methyl sites for hydroxylation is 1. The normalized spacial score (nSPS) is 13.9. The second-order valence-corrected chi connectivity index (χ2v) is 11.9. The lowest BCUT2D eigenvalue weighted by Gasteiger charge is -2.32. The van der Waals surface area contributed by atoms with Crippen molar-refractivity contribution >= 4 is 16.9 Å². The summed E-state index contributed by atoms with van der Waals surface area (Å²) in [6.07, 6.45) is 1.80. The summed E-state index contributed by atoms with van der Waals surface area (Å²) in [5, 5.41) is 8.49. The molecule has 230 valence electrons. The molecule has 1 aliphatic rings. The predicted molar refractivity (Wildman–Crippen MR) is 182 cm³/mol. The molecule has 7 rings (SSSR count). The molecule has 7 heteroatoms. The number of nitrogens with one attached hydrogen (secondary N) is 1. The molecule has 46 heavy (non-hydrogen) atoms. The van der Waals surface area contributed by atoms with Crippen molar-refractivity contribution in [2.45, 2.75) is 32.0 Å². The van der Waals surface area contributed by atoms with Crippen LogP contribution in [0.15, 0.2) is 121 Å². The van der Waals surface area contributed by atoms with Gasteiger partial charge in [0.2, 0.25) is 5.88 Å². The minimum atomic E-state index is -0.159. The summed E-state index contributed by atoms with van der Waals surface area (Å²) in [5.74, 6) is 0.335. The Morgan fingerprint density at radius 3 is 2.04 bits per heavy atom. The summed E-state index contributed by atoms with van der Waals surface area (Å²) in [6, 6.07) is 41.7. The average Bonchev–Trinajstić information content (AvgIpc) is 3.45. The van der Waals surface area contributed by atoms with Crippen LogP contribution < -0.4 is 10.1 Å². The summed E-state index contributed by atoms with van der Waals surface area (Å²) < 4.78 is 7.71. The lowest BCUT2D eigenvalue weighted by molar-refractivity contribution is 0.0904. The van der Waals surface area contributed by atoms with E-state index in [0.717, 1.165) is 43.6 Å². The first-order chi connectivity index (χ1) is 22.6. The van der Waals surface area contributed by atoms with E-state index in [9.17, 15) is 4.79 Å². The Labute approximate surface area is 269 Å². The third-order valence-corrected chi connectivity index (χ3v) is 8.66. The number of benzene rings is 4. The standard InChI is InChI=1S/C39H37N5O2/c1-43-38-35(18-19-36(41-38)46-27-29-11-9-17-33(25-29)31-14-6-3-7-15-31)37(42-43)39(45)40-34-20-22-44(23-21-34)26-28-10-8-16-32(24-28)30-12-4-2-5-13-30/h2-19,24-25,34H,20-23,26-27H2,1H3,(H,40,45). The van der Waals surface area contributed by atoms with Gasteiger partial charge in [0.25, 0.3) is 5.91 Å². The number of likely N-dealkylation sites (tertiary alicyclic amines) is 1. The van der Waals surface area contributed by atoms with E-state index < -0.39 is 0 Å². The zero-order chi connectivity index (χ0) is 31.3. The number of carbonyl (C=O) groups excluding carboxylic acids is 1. The van der Waals surface area contributed by atoms with E-state index in [2.05, 4.69) is 93.1 Å². The Balaban J connectivity index is 0.946. The molecule has 1 fully saturated rings. The van der Waals surface area contributed by atoms with Crippen LogP contribution >= 0.6 is 0 Å². The molecule has 1 saturated heterocycles. The van der Waals surface area contributed by atoms with E-state index in [-0.39, 0.29) is 11.9 Å². The highest BCUT2D eigenvalue weighted by Crippen LogP contribution is 2.25. The Kier molecular flexibility index (Phi) is 8.57. The smallest absolute Gasteiger partial charge is 0.272 e. The molecule has 1 amide bonds. The molecule has 0 saturated carbocycles. The number of rotatable bonds is 9. The van der Waals surface area contributed by atoms with Gasteiger partial charge in [-0.25, -0.2) is 4.68 Å². The van der Waals surface area contributed by atoms with Crippen molar-refractivity contribution < 1.29 is 9.53 Å². The first kappa shape index (κ1) is 29.4. The van der Waals surface area contributed by atoms with Crippen molar-refractivity contribution in [2.75, 3.05) is 13.1 Å². The van der Waals surface area contributed by atoms with Crippen molar-refractivity contribution in [1.82, 2.24) is 25.0 Å². The fourth-order valence-electron chi connectivity index (χ4n) is 6.22. The number of piperidine rings is 1. The Hall–Kier alpha value is -5.27. The Bertz CT molecular complexity index is 1950. The minimum absolute atomic E-state index is 0.110. The second kappa shape index (κ2) is 13.4. The van der Waals surface area contributed by atoms with E-state index in [1.807, 2.05) is 55.6 Å². The Morgan fingerprint density at radius 1 is 0.761 bits per heavy atom. The van der Waals surface area contributed by atoms with Gasteiger partial charge in [-0.2, -0.15) is 10.1 Å². The van der Waals surface area contributed by atoms with Gasteiger partial charge in [-0.15, -0.1) is 0 Å². The van der Waals surface area contributed by atoms with Crippen LogP contribution in [0.5, 0.6) is 5.88 Å². The lowest BCUT2D eigenvalue weighted by Crippen LogP contribution is -2.44. The summed E-state index contributed by atoms with van der Waals surface area (Å²) in [6.45, 7) is 3.16. The van der Waals surface area contributed by atoms with Crippen LogP contribution in [0, 0.1) is 0 Å². The van der Waals surface area contributed by atoms with Crippen molar-refractivity contribution in [1.29, 1.82) is 0 Å². The molecular weight excluding hydrogens is 570 g/mol. The third-order valence-electron chi connectivity index (χ3n) is 8.66. The molecule has 0 bridgehead atoms. The lowest BCUT2D eigenvalue weighted by atomic mass is 10.0. The minimum Gasteiger partial charge on any atom is -0.473 e. The van der Waals surface area contributed by atoms with Gasteiger partial charge in [0, 0.05) is 38.8 Å². The van der Waals surface area contributed by atoms with E-state index >= 15 is 0 Å². The Morgan fingerprint density at radius 2 is 1.37 bits per heavy atom.